The van der Waals surface area contributed by atoms with Crippen LogP contribution in [0.5, 0.6) is 0 Å². The number of hydrogen-bond donors (Lipinski definition) is 1. The Morgan fingerprint density at radius 1 is 1.17 bits per heavy atom. The number of benzene rings is 2. The van der Waals surface area contributed by atoms with Crippen LogP contribution >= 0.6 is 0 Å². The summed E-state index contributed by atoms with van der Waals surface area (Å²) in [7, 11) is 1.73. The molecule has 2 N–H and O–H groups in total. The van der Waals surface area contributed by atoms with E-state index in [1.807, 2.05) is 6.08 Å². The van der Waals surface area contributed by atoms with Gasteiger partial charge >= 0.3 is 0 Å². The summed E-state index contributed by atoms with van der Waals surface area (Å²) in [6, 6.07) is 13.2. The van der Waals surface area contributed by atoms with Gasteiger partial charge in [-0.15, -0.1) is 0 Å². The maximum atomic E-state index is 13.1. The molecule has 1 amide bonds. The zero-order valence-electron chi connectivity index (χ0n) is 18.0. The minimum Gasteiger partial charge on any atom is -0.398 e. The summed E-state index contributed by atoms with van der Waals surface area (Å²) in [5.74, 6) is 0.228. The first kappa shape index (κ1) is 20.4. The Balaban J connectivity index is 1.56. The summed E-state index contributed by atoms with van der Waals surface area (Å²) in [6.07, 6.45) is 10.1. The molecule has 0 saturated heterocycles. The molecule has 2 aliphatic rings. The summed E-state index contributed by atoms with van der Waals surface area (Å²) in [5.41, 5.74) is 13.7. The Labute approximate surface area is 179 Å². The van der Waals surface area contributed by atoms with Crippen molar-refractivity contribution in [3.63, 3.8) is 0 Å². The van der Waals surface area contributed by atoms with Gasteiger partial charge in [-0.25, -0.2) is 0 Å². The van der Waals surface area contributed by atoms with Gasteiger partial charge in [0.1, 0.15) is 0 Å². The zero-order chi connectivity index (χ0) is 21.1. The zero-order valence-corrected chi connectivity index (χ0v) is 18.0. The van der Waals surface area contributed by atoms with E-state index in [2.05, 4.69) is 53.2 Å². The predicted molar refractivity (Wildman–Crippen MR) is 124 cm³/mol. The van der Waals surface area contributed by atoms with Crippen molar-refractivity contribution < 1.29 is 4.79 Å². The van der Waals surface area contributed by atoms with E-state index in [0.717, 1.165) is 43.4 Å². The summed E-state index contributed by atoms with van der Waals surface area (Å²) in [5, 5.41) is 0. The second-order valence-corrected chi connectivity index (χ2v) is 8.41. The molecule has 2 aromatic carbocycles. The van der Waals surface area contributed by atoms with E-state index in [0.29, 0.717) is 11.7 Å². The molecule has 4 heteroatoms. The number of hydrogen-bond acceptors (Lipinski definition) is 3. The highest BCUT2D eigenvalue weighted by Gasteiger charge is 2.34. The number of nitrogens with two attached hydrogens (primary N) is 1. The van der Waals surface area contributed by atoms with Gasteiger partial charge in [-0.1, -0.05) is 50.1 Å². The molecule has 1 fully saturated rings. The second-order valence-electron chi connectivity index (χ2n) is 8.41. The van der Waals surface area contributed by atoms with Crippen LogP contribution in [0.4, 0.5) is 0 Å². The molecule has 156 valence electrons. The van der Waals surface area contributed by atoms with E-state index in [9.17, 15) is 4.79 Å². The minimum atomic E-state index is 0.228. The normalized spacial score (nSPS) is 17.3. The first-order valence-corrected chi connectivity index (χ1v) is 11.0. The Bertz CT molecular complexity index is 982. The van der Waals surface area contributed by atoms with Crippen molar-refractivity contribution in [3.05, 3.63) is 75.9 Å². The van der Waals surface area contributed by atoms with Crippen molar-refractivity contribution >= 4 is 17.8 Å². The molecule has 1 aliphatic carbocycles. The molecule has 0 radical (unpaired) electrons. The van der Waals surface area contributed by atoms with Crippen molar-refractivity contribution in [2.75, 3.05) is 7.05 Å². The van der Waals surface area contributed by atoms with E-state index in [1.165, 1.54) is 35.1 Å². The summed E-state index contributed by atoms with van der Waals surface area (Å²) < 4.78 is 0. The summed E-state index contributed by atoms with van der Waals surface area (Å²) in [6.45, 7) is 2.98. The van der Waals surface area contributed by atoms with Gasteiger partial charge in [0.05, 0.1) is 0 Å². The molecule has 30 heavy (non-hydrogen) atoms. The van der Waals surface area contributed by atoms with E-state index in [-0.39, 0.29) is 5.91 Å². The number of amides is 1. The lowest BCUT2D eigenvalue weighted by Crippen LogP contribution is -2.33. The number of rotatable bonds is 6. The lowest BCUT2D eigenvalue weighted by Gasteiger charge is -2.23. The quantitative estimate of drug-likeness (QED) is 0.711. The third-order valence-corrected chi connectivity index (χ3v) is 6.49. The molecule has 0 unspecified atom stereocenters. The average Bonchev–Trinajstić information content (AvgIpc) is 3.40. The SMILES string of the molecule is CCc1cc2c(cc1Cc1ccc(C(N)=CC=NC)cc1)C(=O)N(C1CCCC1)C2. The number of fused-ring (bicyclic) bond motifs is 1. The standard InChI is InChI=1S/C26H31N3O/c1-3-19-15-22-17-29(23-6-4-5-7-23)26(30)24(22)16-21(19)14-18-8-10-20(11-9-18)25(27)12-13-28-2/h8-13,15-16,23H,3-7,14,17,27H2,1-2H3. The molecule has 1 heterocycles. The van der Waals surface area contributed by atoms with Gasteiger partial charge in [0, 0.05) is 37.1 Å². The highest BCUT2D eigenvalue weighted by atomic mass is 16.2. The highest BCUT2D eigenvalue weighted by molar-refractivity contribution is 5.99. The maximum Gasteiger partial charge on any atom is 0.254 e. The Morgan fingerprint density at radius 3 is 2.57 bits per heavy atom. The number of nitrogens with zero attached hydrogens (tertiary/aromatic N) is 2. The summed E-state index contributed by atoms with van der Waals surface area (Å²) in [4.78, 5) is 19.2. The van der Waals surface area contributed by atoms with Gasteiger partial charge in [0.2, 0.25) is 0 Å². The topological polar surface area (TPSA) is 58.7 Å². The molecule has 1 aliphatic heterocycles. The molecule has 0 atom stereocenters. The highest BCUT2D eigenvalue weighted by Crippen LogP contribution is 2.33. The number of aliphatic imine (C=N–C) groups is 1. The first-order chi connectivity index (χ1) is 14.6. The van der Waals surface area contributed by atoms with Crippen LogP contribution in [0.2, 0.25) is 0 Å². The fraction of sp³-hybridized carbons (Fsp3) is 0.385. The average molecular weight is 402 g/mol. The lowest BCUT2D eigenvalue weighted by molar-refractivity contribution is 0.0707. The molecule has 0 spiro atoms. The van der Waals surface area contributed by atoms with Gasteiger partial charge in [-0.05, 0) is 65.6 Å². The molecule has 0 bridgehead atoms. The van der Waals surface area contributed by atoms with Crippen LogP contribution in [0, 0.1) is 0 Å². The molecule has 1 saturated carbocycles. The first-order valence-electron chi connectivity index (χ1n) is 11.0. The number of carbonyl (C=O) groups excluding carboxylic acids is 1. The van der Waals surface area contributed by atoms with Gasteiger partial charge in [0.15, 0.2) is 0 Å². The van der Waals surface area contributed by atoms with E-state index >= 15 is 0 Å². The largest absolute Gasteiger partial charge is 0.398 e. The van der Waals surface area contributed by atoms with Crippen molar-refractivity contribution in [2.45, 2.75) is 58.0 Å². The molecular weight excluding hydrogens is 370 g/mol. The van der Waals surface area contributed by atoms with Crippen LogP contribution < -0.4 is 5.73 Å². The van der Waals surface area contributed by atoms with Crippen molar-refractivity contribution in [3.8, 4) is 0 Å². The van der Waals surface area contributed by atoms with Crippen molar-refractivity contribution in [2.24, 2.45) is 10.7 Å². The van der Waals surface area contributed by atoms with Crippen LogP contribution in [0.1, 0.15) is 70.8 Å². The third-order valence-electron chi connectivity index (χ3n) is 6.49. The Kier molecular flexibility index (Phi) is 6.03. The van der Waals surface area contributed by atoms with Crippen molar-refractivity contribution in [1.82, 2.24) is 4.90 Å². The second kappa shape index (κ2) is 8.86. The molecule has 0 aromatic heterocycles. The van der Waals surface area contributed by atoms with Gasteiger partial charge < -0.3 is 10.6 Å². The van der Waals surface area contributed by atoms with Crippen LogP contribution in [0.15, 0.2) is 47.5 Å². The predicted octanol–water partition coefficient (Wildman–Crippen LogP) is 4.74. The number of allylic oxidation sites excluding steroid dienone is 1. The van der Waals surface area contributed by atoms with Gasteiger partial charge in [-0.2, -0.15) is 0 Å². The Morgan fingerprint density at radius 2 is 1.90 bits per heavy atom. The van der Waals surface area contributed by atoms with Crippen LogP contribution in [-0.4, -0.2) is 30.1 Å². The van der Waals surface area contributed by atoms with E-state index in [4.69, 9.17) is 5.73 Å². The van der Waals surface area contributed by atoms with Crippen molar-refractivity contribution in [1.29, 1.82) is 0 Å². The number of aryl methyl sites for hydroxylation is 1. The van der Waals surface area contributed by atoms with E-state index < -0.39 is 0 Å². The van der Waals surface area contributed by atoms with Gasteiger partial charge in [-0.3, -0.25) is 9.79 Å². The third kappa shape index (κ3) is 4.04. The fourth-order valence-corrected chi connectivity index (χ4v) is 4.77. The van der Waals surface area contributed by atoms with E-state index in [1.54, 1.807) is 13.3 Å². The molecule has 4 rings (SSSR count). The maximum absolute atomic E-state index is 13.1. The number of carbonyl (C=O) groups is 1. The lowest BCUT2D eigenvalue weighted by atomic mass is 9.93. The summed E-state index contributed by atoms with van der Waals surface area (Å²) >= 11 is 0. The molecule has 4 nitrogen and oxygen atoms in total. The van der Waals surface area contributed by atoms with Crippen LogP contribution in [0.3, 0.4) is 0 Å². The Hall–Kier alpha value is -2.88. The molecule has 2 aromatic rings. The van der Waals surface area contributed by atoms with Crippen LogP contribution in [-0.2, 0) is 19.4 Å². The molecular formula is C26H31N3O. The minimum absolute atomic E-state index is 0.228. The fourth-order valence-electron chi connectivity index (χ4n) is 4.77. The van der Waals surface area contributed by atoms with Gasteiger partial charge in [0.25, 0.3) is 5.91 Å². The smallest absolute Gasteiger partial charge is 0.254 e. The van der Waals surface area contributed by atoms with Crippen LogP contribution in [0.25, 0.3) is 5.70 Å². The monoisotopic (exact) mass is 401 g/mol.